The fourth-order valence-corrected chi connectivity index (χ4v) is 4.89. The Morgan fingerprint density at radius 1 is 1.22 bits per heavy atom. The van der Waals surface area contributed by atoms with E-state index in [2.05, 4.69) is 60.1 Å². The van der Waals surface area contributed by atoms with E-state index in [0.717, 1.165) is 48.7 Å². The van der Waals surface area contributed by atoms with Crippen LogP contribution in [0.4, 0.5) is 0 Å². The van der Waals surface area contributed by atoms with E-state index in [0.29, 0.717) is 18.0 Å². The van der Waals surface area contributed by atoms with Crippen molar-refractivity contribution in [2.24, 2.45) is 11.7 Å². The van der Waals surface area contributed by atoms with Crippen LogP contribution in [-0.4, -0.2) is 43.9 Å². The molecule has 6 heteroatoms. The van der Waals surface area contributed by atoms with Crippen LogP contribution in [0.5, 0.6) is 0 Å². The Balaban J connectivity index is 1.58. The molecule has 3 aromatic heterocycles. The molecule has 4 aromatic rings. The molecule has 2 N–H and O–H groups in total. The van der Waals surface area contributed by atoms with E-state index in [-0.39, 0.29) is 11.9 Å². The summed E-state index contributed by atoms with van der Waals surface area (Å²) < 4.78 is 4.45. The number of fused-ring (bicyclic) bond motifs is 2. The predicted octanol–water partition coefficient (Wildman–Crippen LogP) is 4.48. The maximum absolute atomic E-state index is 13.1. The van der Waals surface area contributed by atoms with Crippen LogP contribution in [0.2, 0.25) is 0 Å². The number of aromatic nitrogens is 3. The third kappa shape index (κ3) is 3.58. The molecule has 1 atom stereocenters. The number of carbonyl (C=O) groups is 1. The van der Waals surface area contributed by atoms with Crippen LogP contribution in [0.15, 0.2) is 48.7 Å². The van der Waals surface area contributed by atoms with Gasteiger partial charge in [-0.2, -0.15) is 0 Å². The molecule has 0 bridgehead atoms. The summed E-state index contributed by atoms with van der Waals surface area (Å²) in [6, 6.07) is 14.6. The zero-order chi connectivity index (χ0) is 22.4. The molecule has 1 aromatic carbocycles. The van der Waals surface area contributed by atoms with Crippen LogP contribution < -0.4 is 5.73 Å². The number of pyridine rings is 1. The van der Waals surface area contributed by atoms with Crippen LogP contribution >= 0.6 is 0 Å². The maximum atomic E-state index is 13.1. The van der Waals surface area contributed by atoms with Gasteiger partial charge in [0.2, 0.25) is 0 Å². The average molecular weight is 430 g/mol. The van der Waals surface area contributed by atoms with Crippen molar-refractivity contribution < 1.29 is 4.79 Å². The minimum absolute atomic E-state index is 0.0405. The molecule has 1 amide bonds. The predicted molar refractivity (Wildman–Crippen MR) is 129 cm³/mol. The van der Waals surface area contributed by atoms with Gasteiger partial charge in [0.1, 0.15) is 11.3 Å². The Bertz CT molecular complexity index is 1300. The molecule has 1 saturated heterocycles. The van der Waals surface area contributed by atoms with Crippen LogP contribution in [0.3, 0.4) is 0 Å². The number of piperidine rings is 1. The van der Waals surface area contributed by atoms with Gasteiger partial charge in [-0.15, -0.1) is 0 Å². The highest BCUT2D eigenvalue weighted by atomic mass is 16.2. The topological polar surface area (TPSA) is 68.6 Å². The van der Waals surface area contributed by atoms with Gasteiger partial charge in [0.05, 0.1) is 5.69 Å². The highest BCUT2D eigenvalue weighted by Crippen LogP contribution is 2.31. The molecule has 1 fully saturated rings. The van der Waals surface area contributed by atoms with Gasteiger partial charge in [-0.1, -0.05) is 32.0 Å². The number of carbonyl (C=O) groups excluding carboxylic acids is 1. The first kappa shape index (κ1) is 20.8. The Hall–Kier alpha value is -3.12. The van der Waals surface area contributed by atoms with E-state index in [1.165, 1.54) is 10.9 Å². The molecule has 0 aliphatic carbocycles. The maximum Gasteiger partial charge on any atom is 0.254 e. The van der Waals surface area contributed by atoms with Crippen LogP contribution in [0.1, 0.15) is 42.7 Å². The number of para-hydroxylation sites is 1. The molecular formula is C26H31N5O. The molecule has 6 nitrogen and oxygen atoms in total. The van der Waals surface area contributed by atoms with Gasteiger partial charge < -0.3 is 19.6 Å². The van der Waals surface area contributed by atoms with E-state index in [1.807, 2.05) is 23.2 Å². The molecule has 5 rings (SSSR count). The van der Waals surface area contributed by atoms with E-state index < -0.39 is 0 Å². The SMILES string of the molecule is Cc1c(-c2cc3ccccc3n2CC(C)C)nc2cc(C(=O)N3CCCC(N)C3)ccn12. The number of benzene rings is 1. The van der Waals surface area contributed by atoms with Gasteiger partial charge in [0.25, 0.3) is 5.91 Å². The molecule has 32 heavy (non-hydrogen) atoms. The first-order valence-corrected chi connectivity index (χ1v) is 11.5. The lowest BCUT2D eigenvalue weighted by atomic mass is 10.1. The van der Waals surface area contributed by atoms with Crippen LogP contribution in [0, 0.1) is 12.8 Å². The van der Waals surface area contributed by atoms with Gasteiger partial charge >= 0.3 is 0 Å². The second-order valence-corrected chi connectivity index (χ2v) is 9.44. The summed E-state index contributed by atoms with van der Waals surface area (Å²) >= 11 is 0. The lowest BCUT2D eigenvalue weighted by molar-refractivity contribution is 0.0709. The molecule has 0 saturated carbocycles. The zero-order valence-corrected chi connectivity index (χ0v) is 19.1. The zero-order valence-electron chi connectivity index (χ0n) is 19.1. The third-order valence-corrected chi connectivity index (χ3v) is 6.46. The number of rotatable bonds is 4. The van der Waals surface area contributed by atoms with E-state index in [1.54, 1.807) is 0 Å². The van der Waals surface area contributed by atoms with Gasteiger partial charge in [-0.3, -0.25) is 4.79 Å². The van der Waals surface area contributed by atoms with E-state index >= 15 is 0 Å². The number of aryl methyl sites for hydroxylation is 1. The summed E-state index contributed by atoms with van der Waals surface area (Å²) in [6.45, 7) is 8.88. The fraction of sp³-hybridized carbons (Fsp3) is 0.385. The number of nitrogens with zero attached hydrogens (tertiary/aromatic N) is 4. The summed E-state index contributed by atoms with van der Waals surface area (Å²) in [5, 5.41) is 1.22. The average Bonchev–Trinajstić information content (AvgIpc) is 3.30. The van der Waals surface area contributed by atoms with Crippen molar-refractivity contribution in [3.63, 3.8) is 0 Å². The summed E-state index contributed by atoms with van der Waals surface area (Å²) in [4.78, 5) is 19.9. The molecule has 1 unspecified atom stereocenters. The summed E-state index contributed by atoms with van der Waals surface area (Å²) in [6.07, 6.45) is 3.91. The van der Waals surface area contributed by atoms with Gasteiger partial charge in [-0.05, 0) is 49.9 Å². The van der Waals surface area contributed by atoms with Crippen LogP contribution in [-0.2, 0) is 6.54 Å². The number of likely N-dealkylation sites (tertiary alicyclic amines) is 1. The van der Waals surface area contributed by atoms with Gasteiger partial charge in [0, 0.05) is 54.0 Å². The van der Waals surface area contributed by atoms with Crippen molar-refractivity contribution in [3.8, 4) is 11.4 Å². The number of hydrogen-bond acceptors (Lipinski definition) is 3. The highest BCUT2D eigenvalue weighted by Gasteiger charge is 2.23. The number of hydrogen-bond donors (Lipinski definition) is 1. The first-order chi connectivity index (χ1) is 15.4. The second-order valence-electron chi connectivity index (χ2n) is 9.44. The quantitative estimate of drug-likeness (QED) is 0.520. The highest BCUT2D eigenvalue weighted by molar-refractivity contribution is 5.95. The Labute approximate surface area is 188 Å². The molecule has 4 heterocycles. The molecule has 166 valence electrons. The van der Waals surface area contributed by atoms with E-state index in [4.69, 9.17) is 10.7 Å². The number of amides is 1. The molecule has 1 aliphatic rings. The molecular weight excluding hydrogens is 398 g/mol. The Kier molecular flexibility index (Phi) is 5.25. The van der Waals surface area contributed by atoms with Crippen molar-refractivity contribution in [1.29, 1.82) is 0 Å². The number of nitrogens with two attached hydrogens (primary N) is 1. The van der Waals surface area contributed by atoms with Crippen LogP contribution in [0.25, 0.3) is 27.9 Å². The van der Waals surface area contributed by atoms with E-state index in [9.17, 15) is 4.79 Å². The molecule has 1 aliphatic heterocycles. The van der Waals surface area contributed by atoms with Crippen molar-refractivity contribution in [2.75, 3.05) is 13.1 Å². The molecule has 0 radical (unpaired) electrons. The van der Waals surface area contributed by atoms with Gasteiger partial charge in [-0.25, -0.2) is 4.98 Å². The Morgan fingerprint density at radius 2 is 2.03 bits per heavy atom. The summed E-state index contributed by atoms with van der Waals surface area (Å²) in [5.74, 6) is 0.556. The lowest BCUT2D eigenvalue weighted by Crippen LogP contribution is -2.45. The minimum atomic E-state index is 0.0405. The largest absolute Gasteiger partial charge is 0.339 e. The standard InChI is InChI=1S/C26H31N5O/c1-17(2)15-31-22-9-5-4-7-19(22)13-23(31)25-18(3)30-12-10-20(14-24(30)28-25)26(32)29-11-6-8-21(27)16-29/h4-5,7,9-10,12-14,17,21H,6,8,11,15-16,27H2,1-3H3. The van der Waals surface area contributed by atoms with Crippen molar-refractivity contribution in [3.05, 3.63) is 59.9 Å². The smallest absolute Gasteiger partial charge is 0.254 e. The summed E-state index contributed by atoms with van der Waals surface area (Å²) in [5.41, 5.74) is 11.9. The normalized spacial score (nSPS) is 17.0. The monoisotopic (exact) mass is 429 g/mol. The number of imidazole rings is 1. The van der Waals surface area contributed by atoms with Crippen molar-refractivity contribution in [1.82, 2.24) is 18.9 Å². The fourth-order valence-electron chi connectivity index (χ4n) is 4.89. The third-order valence-electron chi connectivity index (χ3n) is 6.46. The minimum Gasteiger partial charge on any atom is -0.339 e. The van der Waals surface area contributed by atoms with Crippen molar-refractivity contribution >= 4 is 22.5 Å². The second kappa shape index (κ2) is 8.10. The van der Waals surface area contributed by atoms with Crippen molar-refractivity contribution in [2.45, 2.75) is 46.2 Å². The molecule has 0 spiro atoms. The lowest BCUT2D eigenvalue weighted by Gasteiger charge is -2.30. The first-order valence-electron chi connectivity index (χ1n) is 11.5. The Morgan fingerprint density at radius 3 is 2.81 bits per heavy atom. The van der Waals surface area contributed by atoms with Gasteiger partial charge in [0.15, 0.2) is 0 Å². The summed E-state index contributed by atoms with van der Waals surface area (Å²) in [7, 11) is 0.